The quantitative estimate of drug-likeness (QED) is 0.600. The fourth-order valence-corrected chi connectivity index (χ4v) is 2.98. The van der Waals surface area contributed by atoms with Crippen LogP contribution >= 0.6 is 0 Å². The summed E-state index contributed by atoms with van der Waals surface area (Å²) in [6.07, 6.45) is 0. The maximum absolute atomic E-state index is 12.8. The zero-order chi connectivity index (χ0) is 20.1. The number of nitrogens with one attached hydrogen (secondary N) is 1. The van der Waals surface area contributed by atoms with Crippen molar-refractivity contribution in [3.05, 3.63) is 52.1 Å². The van der Waals surface area contributed by atoms with Crippen LogP contribution in [0, 0.1) is 10.1 Å². The van der Waals surface area contributed by atoms with Crippen LogP contribution in [-0.2, 0) is 4.74 Å². The minimum absolute atomic E-state index is 0.0403. The van der Waals surface area contributed by atoms with Crippen LogP contribution in [0.15, 0.2) is 36.4 Å². The zero-order valence-corrected chi connectivity index (χ0v) is 15.6. The number of amides is 1. The van der Waals surface area contributed by atoms with Crippen molar-refractivity contribution in [3.8, 4) is 11.5 Å². The van der Waals surface area contributed by atoms with Gasteiger partial charge in [0.15, 0.2) is 0 Å². The molecule has 1 saturated heterocycles. The molecule has 1 amide bonds. The van der Waals surface area contributed by atoms with E-state index in [1.165, 1.54) is 32.4 Å². The number of nitro benzene ring substituents is 1. The first kappa shape index (κ1) is 19.4. The molecule has 1 N–H and O–H groups in total. The fraction of sp³-hybridized carbons (Fsp3) is 0.316. The van der Waals surface area contributed by atoms with Crippen LogP contribution in [0.3, 0.4) is 0 Å². The van der Waals surface area contributed by atoms with Crippen molar-refractivity contribution in [2.75, 3.05) is 50.7 Å². The maximum atomic E-state index is 12.8. The lowest BCUT2D eigenvalue weighted by molar-refractivity contribution is -0.384. The third kappa shape index (κ3) is 4.15. The summed E-state index contributed by atoms with van der Waals surface area (Å²) in [4.78, 5) is 25.5. The Labute approximate surface area is 162 Å². The van der Waals surface area contributed by atoms with Gasteiger partial charge in [0.25, 0.3) is 11.6 Å². The van der Waals surface area contributed by atoms with Gasteiger partial charge in [-0.15, -0.1) is 0 Å². The number of ether oxygens (including phenoxy) is 3. The van der Waals surface area contributed by atoms with Gasteiger partial charge < -0.3 is 24.4 Å². The molecule has 1 aliphatic heterocycles. The summed E-state index contributed by atoms with van der Waals surface area (Å²) in [5.41, 5.74) is 1.35. The highest BCUT2D eigenvalue weighted by molar-refractivity contribution is 6.08. The molecule has 148 valence electrons. The summed E-state index contributed by atoms with van der Waals surface area (Å²) >= 11 is 0. The van der Waals surface area contributed by atoms with Gasteiger partial charge in [0, 0.05) is 31.3 Å². The van der Waals surface area contributed by atoms with Crippen LogP contribution in [0.25, 0.3) is 0 Å². The van der Waals surface area contributed by atoms with Gasteiger partial charge in [-0.05, 0) is 18.2 Å². The van der Waals surface area contributed by atoms with E-state index < -0.39 is 4.92 Å². The van der Waals surface area contributed by atoms with Crippen molar-refractivity contribution in [1.29, 1.82) is 0 Å². The number of rotatable bonds is 6. The van der Waals surface area contributed by atoms with Crippen molar-refractivity contribution in [1.82, 2.24) is 0 Å². The predicted octanol–water partition coefficient (Wildman–Crippen LogP) is 2.70. The average molecular weight is 387 g/mol. The van der Waals surface area contributed by atoms with Gasteiger partial charge in [0.1, 0.15) is 11.5 Å². The van der Waals surface area contributed by atoms with E-state index in [-0.39, 0.29) is 11.6 Å². The molecule has 2 aromatic rings. The number of non-ortho nitro benzene ring substituents is 1. The minimum atomic E-state index is -0.456. The van der Waals surface area contributed by atoms with Gasteiger partial charge in [-0.1, -0.05) is 0 Å². The van der Waals surface area contributed by atoms with Gasteiger partial charge in [-0.25, -0.2) is 0 Å². The Morgan fingerprint density at radius 1 is 1.14 bits per heavy atom. The Bertz CT molecular complexity index is 880. The fourth-order valence-electron chi connectivity index (χ4n) is 2.98. The van der Waals surface area contributed by atoms with Crippen LogP contribution < -0.4 is 19.7 Å². The molecule has 0 unspecified atom stereocenters. The van der Waals surface area contributed by atoms with Crippen molar-refractivity contribution < 1.29 is 23.9 Å². The molecule has 3 rings (SSSR count). The Kier molecular flexibility index (Phi) is 5.95. The van der Waals surface area contributed by atoms with Crippen molar-refractivity contribution >= 4 is 23.0 Å². The summed E-state index contributed by atoms with van der Waals surface area (Å²) in [5.74, 6) is 0.548. The first-order valence-electron chi connectivity index (χ1n) is 8.68. The van der Waals surface area contributed by atoms with Crippen LogP contribution in [0.2, 0.25) is 0 Å². The van der Waals surface area contributed by atoms with Gasteiger partial charge >= 0.3 is 0 Å². The van der Waals surface area contributed by atoms with Crippen LogP contribution in [0.1, 0.15) is 10.4 Å². The summed E-state index contributed by atoms with van der Waals surface area (Å²) in [6, 6.07) is 9.25. The molecule has 1 heterocycles. The Hall–Kier alpha value is -3.33. The molecule has 1 fully saturated rings. The molecule has 0 aliphatic carbocycles. The molecule has 9 heteroatoms. The molecule has 9 nitrogen and oxygen atoms in total. The zero-order valence-electron chi connectivity index (χ0n) is 15.6. The molecule has 0 atom stereocenters. The topological polar surface area (TPSA) is 103 Å². The average Bonchev–Trinajstić information content (AvgIpc) is 2.73. The van der Waals surface area contributed by atoms with Crippen LogP contribution in [0.4, 0.5) is 17.1 Å². The van der Waals surface area contributed by atoms with Crippen molar-refractivity contribution in [3.63, 3.8) is 0 Å². The third-order valence-corrected chi connectivity index (χ3v) is 4.45. The molecule has 1 aliphatic rings. The van der Waals surface area contributed by atoms with E-state index in [0.29, 0.717) is 54.7 Å². The van der Waals surface area contributed by atoms with Crippen LogP contribution in [-0.4, -0.2) is 51.4 Å². The Balaban J connectivity index is 1.92. The van der Waals surface area contributed by atoms with Gasteiger partial charge in [0.2, 0.25) is 0 Å². The lowest BCUT2D eigenvalue weighted by Gasteiger charge is -2.30. The number of nitrogens with zero attached hydrogens (tertiary/aromatic N) is 2. The molecular weight excluding hydrogens is 366 g/mol. The second-order valence-electron chi connectivity index (χ2n) is 6.08. The molecule has 0 spiro atoms. The van der Waals surface area contributed by atoms with E-state index in [0.717, 1.165) is 0 Å². The largest absolute Gasteiger partial charge is 0.497 e. The highest BCUT2D eigenvalue weighted by Gasteiger charge is 2.21. The van der Waals surface area contributed by atoms with E-state index in [4.69, 9.17) is 14.2 Å². The van der Waals surface area contributed by atoms with Crippen molar-refractivity contribution in [2.24, 2.45) is 0 Å². The van der Waals surface area contributed by atoms with Gasteiger partial charge in [-0.3, -0.25) is 14.9 Å². The number of carbonyl (C=O) groups excluding carboxylic acids is 1. The number of hydrogen-bond acceptors (Lipinski definition) is 7. The molecule has 0 radical (unpaired) electrons. The molecule has 2 aromatic carbocycles. The van der Waals surface area contributed by atoms with Crippen LogP contribution in [0.5, 0.6) is 11.5 Å². The number of nitro groups is 1. The number of methoxy groups -OCH3 is 2. The second-order valence-corrected chi connectivity index (χ2v) is 6.08. The number of carbonyl (C=O) groups is 1. The van der Waals surface area contributed by atoms with Gasteiger partial charge in [0.05, 0.1) is 49.3 Å². The highest BCUT2D eigenvalue weighted by atomic mass is 16.6. The summed E-state index contributed by atoms with van der Waals surface area (Å²) in [5, 5.41) is 14.0. The Morgan fingerprint density at radius 3 is 2.54 bits per heavy atom. The molecule has 0 saturated carbocycles. The molecular formula is C19H21N3O6. The van der Waals surface area contributed by atoms with E-state index in [9.17, 15) is 14.9 Å². The summed E-state index contributed by atoms with van der Waals surface area (Å²) in [6.45, 7) is 2.19. The molecule has 0 bridgehead atoms. The second kappa shape index (κ2) is 8.57. The first-order chi connectivity index (χ1) is 13.5. The standard InChI is InChI=1S/C19H21N3O6/c1-26-14-4-5-15(18(12-14)27-2)19(23)20-16-6-3-13(22(24)25)11-17(16)21-7-9-28-10-8-21/h3-6,11-12H,7-10H2,1-2H3,(H,20,23). The van der Waals surface area contributed by atoms with E-state index in [1.54, 1.807) is 18.2 Å². The highest BCUT2D eigenvalue weighted by Crippen LogP contribution is 2.32. The van der Waals surface area contributed by atoms with E-state index in [2.05, 4.69) is 5.32 Å². The lowest BCUT2D eigenvalue weighted by Crippen LogP contribution is -2.36. The predicted molar refractivity (Wildman–Crippen MR) is 104 cm³/mol. The number of morpholine rings is 1. The SMILES string of the molecule is COc1ccc(C(=O)Nc2ccc([N+](=O)[O-])cc2N2CCOCC2)c(OC)c1. The normalized spacial score (nSPS) is 13.7. The summed E-state index contributed by atoms with van der Waals surface area (Å²) in [7, 11) is 3.00. The number of anilines is 2. The summed E-state index contributed by atoms with van der Waals surface area (Å²) < 4.78 is 15.8. The van der Waals surface area contributed by atoms with Gasteiger partial charge in [-0.2, -0.15) is 0 Å². The maximum Gasteiger partial charge on any atom is 0.271 e. The number of benzene rings is 2. The monoisotopic (exact) mass is 387 g/mol. The number of hydrogen-bond donors (Lipinski definition) is 1. The lowest BCUT2D eigenvalue weighted by atomic mass is 10.1. The van der Waals surface area contributed by atoms with E-state index >= 15 is 0 Å². The third-order valence-electron chi connectivity index (χ3n) is 4.45. The van der Waals surface area contributed by atoms with Crippen molar-refractivity contribution in [2.45, 2.75) is 0 Å². The molecule has 28 heavy (non-hydrogen) atoms. The molecule has 0 aromatic heterocycles. The Morgan fingerprint density at radius 2 is 1.89 bits per heavy atom. The van der Waals surface area contributed by atoms with E-state index in [1.807, 2.05) is 4.90 Å². The smallest absolute Gasteiger partial charge is 0.271 e. The first-order valence-corrected chi connectivity index (χ1v) is 8.68. The minimum Gasteiger partial charge on any atom is -0.497 e.